The Morgan fingerprint density at radius 1 is 1.11 bits per heavy atom. The SMILES string of the molecule is CC(C)CNC(=O)c1nc(C(=O)N(C)Cc2ccccc2)c2ccccn12. The van der Waals surface area contributed by atoms with Gasteiger partial charge >= 0.3 is 0 Å². The van der Waals surface area contributed by atoms with Gasteiger partial charge < -0.3 is 10.2 Å². The standard InChI is InChI=1S/C21H24N4O2/c1-15(2)13-22-20(26)19-23-18(17-11-7-8-12-25(17)19)21(27)24(3)14-16-9-5-4-6-10-16/h4-12,15H,13-14H2,1-3H3,(H,22,26). The Hall–Kier alpha value is -3.15. The van der Waals surface area contributed by atoms with Gasteiger partial charge in [-0.2, -0.15) is 0 Å². The summed E-state index contributed by atoms with van der Waals surface area (Å²) in [6.07, 6.45) is 1.75. The number of pyridine rings is 1. The molecule has 0 aliphatic carbocycles. The third kappa shape index (κ3) is 4.16. The highest BCUT2D eigenvalue weighted by molar-refractivity contribution is 6.02. The van der Waals surface area contributed by atoms with Crippen LogP contribution in [0.25, 0.3) is 5.52 Å². The number of fused-ring (bicyclic) bond motifs is 1. The van der Waals surface area contributed by atoms with Crippen molar-refractivity contribution in [2.45, 2.75) is 20.4 Å². The van der Waals surface area contributed by atoms with Gasteiger partial charge in [0.2, 0.25) is 5.82 Å². The Bertz CT molecular complexity index is 947. The van der Waals surface area contributed by atoms with Gasteiger partial charge in [0.1, 0.15) is 0 Å². The van der Waals surface area contributed by atoms with Gasteiger partial charge in [-0.25, -0.2) is 4.98 Å². The molecule has 0 unspecified atom stereocenters. The highest BCUT2D eigenvalue weighted by Crippen LogP contribution is 2.16. The number of carbonyl (C=O) groups excluding carboxylic acids is 2. The van der Waals surface area contributed by atoms with Gasteiger partial charge in [-0.05, 0) is 23.6 Å². The lowest BCUT2D eigenvalue weighted by atomic mass is 10.2. The molecule has 0 radical (unpaired) electrons. The van der Waals surface area contributed by atoms with Crippen LogP contribution < -0.4 is 5.32 Å². The Labute approximate surface area is 158 Å². The summed E-state index contributed by atoms with van der Waals surface area (Å²) in [5.74, 6) is 0.0566. The van der Waals surface area contributed by atoms with Gasteiger partial charge in [-0.3, -0.25) is 14.0 Å². The second-order valence-corrected chi connectivity index (χ2v) is 6.99. The van der Waals surface area contributed by atoms with E-state index in [1.165, 1.54) is 0 Å². The van der Waals surface area contributed by atoms with Crippen molar-refractivity contribution >= 4 is 17.3 Å². The number of imidazole rings is 1. The van der Waals surface area contributed by atoms with Crippen LogP contribution in [0.3, 0.4) is 0 Å². The van der Waals surface area contributed by atoms with E-state index in [0.29, 0.717) is 24.5 Å². The molecule has 0 atom stereocenters. The zero-order chi connectivity index (χ0) is 19.4. The van der Waals surface area contributed by atoms with E-state index < -0.39 is 0 Å². The molecule has 0 fully saturated rings. The number of nitrogens with one attached hydrogen (secondary N) is 1. The van der Waals surface area contributed by atoms with Gasteiger partial charge in [0.15, 0.2) is 5.69 Å². The zero-order valence-corrected chi connectivity index (χ0v) is 15.8. The molecule has 0 aliphatic heterocycles. The van der Waals surface area contributed by atoms with Crippen LogP contribution in [0.15, 0.2) is 54.7 Å². The van der Waals surface area contributed by atoms with Crippen molar-refractivity contribution in [3.63, 3.8) is 0 Å². The van der Waals surface area contributed by atoms with E-state index in [1.807, 2.05) is 56.3 Å². The molecule has 2 heterocycles. The summed E-state index contributed by atoms with van der Waals surface area (Å²) < 4.78 is 1.67. The summed E-state index contributed by atoms with van der Waals surface area (Å²) in [5, 5.41) is 2.86. The average molecular weight is 364 g/mol. The minimum Gasteiger partial charge on any atom is -0.349 e. The van der Waals surface area contributed by atoms with Gasteiger partial charge in [-0.15, -0.1) is 0 Å². The number of amides is 2. The van der Waals surface area contributed by atoms with Crippen LogP contribution in [0, 0.1) is 5.92 Å². The van der Waals surface area contributed by atoms with Crippen LogP contribution in [0.4, 0.5) is 0 Å². The normalized spacial score (nSPS) is 11.0. The molecule has 27 heavy (non-hydrogen) atoms. The van der Waals surface area contributed by atoms with Crippen molar-refractivity contribution in [1.29, 1.82) is 0 Å². The largest absolute Gasteiger partial charge is 0.349 e. The molecule has 0 saturated carbocycles. The van der Waals surface area contributed by atoms with Gasteiger partial charge in [0.25, 0.3) is 11.8 Å². The molecule has 3 rings (SSSR count). The highest BCUT2D eigenvalue weighted by Gasteiger charge is 2.23. The molecule has 1 aromatic carbocycles. The smallest absolute Gasteiger partial charge is 0.287 e. The number of benzene rings is 1. The van der Waals surface area contributed by atoms with Gasteiger partial charge in [0, 0.05) is 26.3 Å². The van der Waals surface area contributed by atoms with Gasteiger partial charge in [-0.1, -0.05) is 50.2 Å². The van der Waals surface area contributed by atoms with E-state index in [-0.39, 0.29) is 23.3 Å². The second-order valence-electron chi connectivity index (χ2n) is 6.99. The lowest BCUT2D eigenvalue weighted by molar-refractivity contribution is 0.0782. The zero-order valence-electron chi connectivity index (χ0n) is 15.8. The van der Waals surface area contributed by atoms with Crippen LogP contribution in [0.2, 0.25) is 0 Å². The minimum atomic E-state index is -0.283. The van der Waals surface area contributed by atoms with Gasteiger partial charge in [0.05, 0.1) is 5.52 Å². The molecular formula is C21H24N4O2. The first kappa shape index (κ1) is 18.6. The second kappa shape index (κ2) is 8.03. The first-order chi connectivity index (χ1) is 13.0. The topological polar surface area (TPSA) is 66.7 Å². The number of hydrogen-bond acceptors (Lipinski definition) is 3. The summed E-state index contributed by atoms with van der Waals surface area (Å²) in [6.45, 7) is 5.08. The maximum Gasteiger partial charge on any atom is 0.287 e. The molecule has 2 aromatic heterocycles. The van der Waals surface area contributed by atoms with Crippen LogP contribution in [-0.4, -0.2) is 39.7 Å². The molecule has 140 valence electrons. The van der Waals surface area contributed by atoms with E-state index in [4.69, 9.17) is 0 Å². The van der Waals surface area contributed by atoms with Crippen LogP contribution in [-0.2, 0) is 6.54 Å². The average Bonchev–Trinajstić information content (AvgIpc) is 3.06. The van der Waals surface area contributed by atoms with Crippen molar-refractivity contribution in [1.82, 2.24) is 19.6 Å². The first-order valence-corrected chi connectivity index (χ1v) is 9.02. The quantitative estimate of drug-likeness (QED) is 0.731. The predicted octanol–water partition coefficient (Wildman–Crippen LogP) is 2.99. The Balaban J connectivity index is 1.90. The Morgan fingerprint density at radius 2 is 1.81 bits per heavy atom. The fourth-order valence-electron chi connectivity index (χ4n) is 2.84. The third-order valence-electron chi connectivity index (χ3n) is 4.23. The Kier molecular flexibility index (Phi) is 5.54. The fraction of sp³-hybridized carbons (Fsp3) is 0.286. The molecular weight excluding hydrogens is 340 g/mol. The molecule has 6 nitrogen and oxygen atoms in total. The summed E-state index contributed by atoms with van der Waals surface area (Å²) >= 11 is 0. The highest BCUT2D eigenvalue weighted by atomic mass is 16.2. The molecule has 0 aliphatic rings. The van der Waals surface area contributed by atoms with Crippen LogP contribution in [0.5, 0.6) is 0 Å². The summed E-state index contributed by atoms with van der Waals surface area (Å²) in [4.78, 5) is 31.5. The molecule has 0 spiro atoms. The van der Waals surface area contributed by atoms with E-state index in [9.17, 15) is 9.59 Å². The monoisotopic (exact) mass is 364 g/mol. The van der Waals surface area contributed by atoms with E-state index in [0.717, 1.165) is 5.56 Å². The van der Waals surface area contributed by atoms with Crippen LogP contribution in [0.1, 0.15) is 40.5 Å². The number of nitrogens with zero attached hydrogens (tertiary/aromatic N) is 3. The molecule has 0 saturated heterocycles. The molecule has 6 heteroatoms. The van der Waals surface area contributed by atoms with Crippen molar-refractivity contribution in [3.8, 4) is 0 Å². The molecule has 1 N–H and O–H groups in total. The number of aromatic nitrogens is 2. The first-order valence-electron chi connectivity index (χ1n) is 9.02. The van der Waals surface area contributed by atoms with Crippen LogP contribution >= 0.6 is 0 Å². The van der Waals surface area contributed by atoms with Crippen molar-refractivity contribution in [2.24, 2.45) is 5.92 Å². The molecule has 2 amide bonds. The summed E-state index contributed by atoms with van der Waals surface area (Å²) in [5.41, 5.74) is 1.94. The van der Waals surface area contributed by atoms with Crippen molar-refractivity contribution in [3.05, 3.63) is 71.8 Å². The van der Waals surface area contributed by atoms with Crippen molar-refractivity contribution in [2.75, 3.05) is 13.6 Å². The molecule has 0 bridgehead atoms. The molecule has 3 aromatic rings. The fourth-order valence-corrected chi connectivity index (χ4v) is 2.84. The summed E-state index contributed by atoms with van der Waals surface area (Å²) in [7, 11) is 1.74. The third-order valence-corrected chi connectivity index (χ3v) is 4.23. The van der Waals surface area contributed by atoms with E-state index in [1.54, 1.807) is 28.6 Å². The summed E-state index contributed by atoms with van der Waals surface area (Å²) in [6, 6.07) is 15.2. The lowest BCUT2D eigenvalue weighted by Crippen LogP contribution is -2.29. The lowest BCUT2D eigenvalue weighted by Gasteiger charge is -2.16. The minimum absolute atomic E-state index is 0.217. The number of hydrogen-bond donors (Lipinski definition) is 1. The van der Waals surface area contributed by atoms with Crippen molar-refractivity contribution < 1.29 is 9.59 Å². The number of carbonyl (C=O) groups is 2. The maximum atomic E-state index is 13.0. The maximum absolute atomic E-state index is 13.0. The van der Waals surface area contributed by atoms with E-state index in [2.05, 4.69) is 10.3 Å². The predicted molar refractivity (Wildman–Crippen MR) is 105 cm³/mol. The Morgan fingerprint density at radius 3 is 2.52 bits per heavy atom. The van der Waals surface area contributed by atoms with E-state index >= 15 is 0 Å². The number of rotatable bonds is 6.